The number of benzene rings is 1. The first kappa shape index (κ1) is 11.9. The highest BCUT2D eigenvalue weighted by Crippen LogP contribution is 2.48. The first-order valence-electron chi connectivity index (χ1n) is 5.86. The molecular formula is C14H20ClN. The lowest BCUT2D eigenvalue weighted by molar-refractivity contribution is 0.446. The van der Waals surface area contributed by atoms with Crippen molar-refractivity contribution >= 4 is 11.6 Å². The molecular weight excluding hydrogens is 218 g/mol. The van der Waals surface area contributed by atoms with Crippen LogP contribution >= 0.6 is 11.6 Å². The molecule has 0 radical (unpaired) electrons. The van der Waals surface area contributed by atoms with Gasteiger partial charge in [-0.25, -0.2) is 0 Å². The summed E-state index contributed by atoms with van der Waals surface area (Å²) in [4.78, 5) is 0. The summed E-state index contributed by atoms with van der Waals surface area (Å²) in [6.07, 6.45) is 1.15. The van der Waals surface area contributed by atoms with Crippen LogP contribution in [0.1, 0.15) is 48.6 Å². The van der Waals surface area contributed by atoms with Crippen LogP contribution in [0.3, 0.4) is 0 Å². The van der Waals surface area contributed by atoms with Crippen molar-refractivity contribution in [2.24, 2.45) is 0 Å². The van der Waals surface area contributed by atoms with Crippen molar-refractivity contribution in [2.45, 2.75) is 45.6 Å². The Morgan fingerprint density at radius 1 is 1.38 bits per heavy atom. The molecule has 0 fully saturated rings. The Morgan fingerprint density at radius 2 is 2.00 bits per heavy atom. The third-order valence-electron chi connectivity index (χ3n) is 3.86. The highest BCUT2D eigenvalue weighted by molar-refractivity contribution is 6.31. The zero-order chi connectivity index (χ0) is 12.1. The third-order valence-corrected chi connectivity index (χ3v) is 4.25. The first-order chi connectivity index (χ1) is 7.38. The molecule has 0 heterocycles. The van der Waals surface area contributed by atoms with E-state index in [-0.39, 0.29) is 5.41 Å². The van der Waals surface area contributed by atoms with E-state index in [4.69, 9.17) is 11.6 Å². The Balaban J connectivity index is 2.74. The molecule has 1 unspecified atom stereocenters. The standard InChI is InChI=1S/C14H20ClN/c1-8-6-10(15)9(2)12-11(16-5)7-14(3,4)13(8)12/h6,11,16H,7H2,1-5H3. The lowest BCUT2D eigenvalue weighted by Crippen LogP contribution is -2.17. The number of nitrogens with one attached hydrogen (secondary N) is 1. The summed E-state index contributed by atoms with van der Waals surface area (Å²) >= 11 is 6.29. The summed E-state index contributed by atoms with van der Waals surface area (Å²) in [6, 6.07) is 2.55. The minimum Gasteiger partial charge on any atom is -0.313 e. The van der Waals surface area contributed by atoms with Crippen molar-refractivity contribution < 1.29 is 0 Å². The van der Waals surface area contributed by atoms with Crippen molar-refractivity contribution in [3.8, 4) is 0 Å². The highest BCUT2D eigenvalue weighted by atomic mass is 35.5. The molecule has 0 spiro atoms. The summed E-state index contributed by atoms with van der Waals surface area (Å²) in [6.45, 7) is 8.95. The minimum atomic E-state index is 0.252. The van der Waals surface area contributed by atoms with E-state index in [0.29, 0.717) is 6.04 Å². The fraction of sp³-hybridized carbons (Fsp3) is 0.571. The number of hydrogen-bond donors (Lipinski definition) is 1. The van der Waals surface area contributed by atoms with Gasteiger partial charge in [0.15, 0.2) is 0 Å². The summed E-state index contributed by atoms with van der Waals surface area (Å²) in [5.41, 5.74) is 5.74. The number of hydrogen-bond acceptors (Lipinski definition) is 1. The second-order valence-corrected chi connectivity index (χ2v) is 5.93. The molecule has 0 saturated carbocycles. The van der Waals surface area contributed by atoms with Crippen LogP contribution in [0.5, 0.6) is 0 Å². The lowest BCUT2D eigenvalue weighted by atomic mass is 9.83. The fourth-order valence-electron chi connectivity index (χ4n) is 3.19. The van der Waals surface area contributed by atoms with Crippen LogP contribution in [-0.2, 0) is 5.41 Å². The Kier molecular flexibility index (Phi) is 2.80. The van der Waals surface area contributed by atoms with Crippen LogP contribution in [0.25, 0.3) is 0 Å². The van der Waals surface area contributed by atoms with Gasteiger partial charge in [0.05, 0.1) is 0 Å². The number of aryl methyl sites for hydroxylation is 1. The molecule has 0 aliphatic heterocycles. The number of halogens is 1. The number of rotatable bonds is 1. The Hall–Kier alpha value is -0.530. The van der Waals surface area contributed by atoms with E-state index < -0.39 is 0 Å². The molecule has 0 bridgehead atoms. The number of fused-ring (bicyclic) bond motifs is 1. The smallest absolute Gasteiger partial charge is 0.0441 e. The van der Waals surface area contributed by atoms with E-state index in [1.165, 1.54) is 22.3 Å². The van der Waals surface area contributed by atoms with Gasteiger partial charge in [-0.2, -0.15) is 0 Å². The molecule has 1 aromatic carbocycles. The van der Waals surface area contributed by atoms with Crippen LogP contribution in [-0.4, -0.2) is 7.05 Å². The van der Waals surface area contributed by atoms with Crippen molar-refractivity contribution in [2.75, 3.05) is 7.05 Å². The normalized spacial score (nSPS) is 22.2. The molecule has 1 aliphatic rings. The Labute approximate surface area is 103 Å². The average molecular weight is 238 g/mol. The van der Waals surface area contributed by atoms with Gasteiger partial charge in [0, 0.05) is 11.1 Å². The average Bonchev–Trinajstić information content (AvgIpc) is 2.46. The largest absolute Gasteiger partial charge is 0.313 e. The predicted octanol–water partition coefficient (Wildman–Crippen LogP) is 3.90. The maximum atomic E-state index is 6.29. The fourth-order valence-corrected chi connectivity index (χ4v) is 3.46. The van der Waals surface area contributed by atoms with Crippen LogP contribution in [0.15, 0.2) is 6.07 Å². The first-order valence-corrected chi connectivity index (χ1v) is 6.23. The Bertz CT molecular complexity index is 435. The molecule has 0 aromatic heterocycles. The van der Waals surface area contributed by atoms with E-state index in [1.54, 1.807) is 0 Å². The monoisotopic (exact) mass is 237 g/mol. The van der Waals surface area contributed by atoms with Gasteiger partial charge in [-0.1, -0.05) is 25.4 Å². The highest BCUT2D eigenvalue weighted by Gasteiger charge is 2.38. The SMILES string of the molecule is CNC1CC(C)(C)c2c(C)cc(Cl)c(C)c21. The zero-order valence-electron chi connectivity index (χ0n) is 10.7. The van der Waals surface area contributed by atoms with E-state index in [0.717, 1.165) is 11.4 Å². The van der Waals surface area contributed by atoms with Crippen molar-refractivity contribution in [3.05, 3.63) is 33.3 Å². The minimum absolute atomic E-state index is 0.252. The zero-order valence-corrected chi connectivity index (χ0v) is 11.5. The molecule has 0 amide bonds. The second kappa shape index (κ2) is 3.75. The van der Waals surface area contributed by atoms with Crippen LogP contribution in [0.4, 0.5) is 0 Å². The van der Waals surface area contributed by atoms with Gasteiger partial charge in [-0.05, 0) is 61.1 Å². The molecule has 1 atom stereocenters. The molecule has 1 N–H and O–H groups in total. The van der Waals surface area contributed by atoms with Gasteiger partial charge in [0.25, 0.3) is 0 Å². The van der Waals surface area contributed by atoms with Gasteiger partial charge in [0.2, 0.25) is 0 Å². The molecule has 1 nitrogen and oxygen atoms in total. The van der Waals surface area contributed by atoms with Gasteiger partial charge in [-0.15, -0.1) is 0 Å². The van der Waals surface area contributed by atoms with E-state index in [2.05, 4.69) is 39.1 Å². The molecule has 1 aliphatic carbocycles. The molecule has 2 heteroatoms. The van der Waals surface area contributed by atoms with Gasteiger partial charge >= 0.3 is 0 Å². The van der Waals surface area contributed by atoms with Crippen LogP contribution < -0.4 is 5.32 Å². The van der Waals surface area contributed by atoms with Gasteiger partial charge < -0.3 is 5.32 Å². The molecule has 16 heavy (non-hydrogen) atoms. The quantitative estimate of drug-likeness (QED) is 0.781. The van der Waals surface area contributed by atoms with Crippen LogP contribution in [0.2, 0.25) is 5.02 Å². The Morgan fingerprint density at radius 3 is 2.56 bits per heavy atom. The molecule has 2 rings (SSSR count). The van der Waals surface area contributed by atoms with E-state index in [1.807, 2.05) is 7.05 Å². The molecule has 1 aromatic rings. The summed E-state index contributed by atoms with van der Waals surface area (Å²) in [7, 11) is 2.03. The van der Waals surface area contributed by atoms with E-state index in [9.17, 15) is 0 Å². The van der Waals surface area contributed by atoms with Crippen molar-refractivity contribution in [1.82, 2.24) is 5.32 Å². The predicted molar refractivity (Wildman–Crippen MR) is 70.4 cm³/mol. The van der Waals surface area contributed by atoms with Crippen molar-refractivity contribution in [3.63, 3.8) is 0 Å². The lowest BCUT2D eigenvalue weighted by Gasteiger charge is -2.22. The maximum absolute atomic E-state index is 6.29. The van der Waals surface area contributed by atoms with Crippen molar-refractivity contribution in [1.29, 1.82) is 0 Å². The summed E-state index contributed by atoms with van der Waals surface area (Å²) in [5, 5.41) is 4.31. The molecule has 88 valence electrons. The molecule has 0 saturated heterocycles. The second-order valence-electron chi connectivity index (χ2n) is 5.52. The van der Waals surface area contributed by atoms with E-state index >= 15 is 0 Å². The summed E-state index contributed by atoms with van der Waals surface area (Å²) < 4.78 is 0. The van der Waals surface area contributed by atoms with Gasteiger partial charge in [-0.3, -0.25) is 0 Å². The van der Waals surface area contributed by atoms with Gasteiger partial charge in [0.1, 0.15) is 0 Å². The maximum Gasteiger partial charge on any atom is 0.0441 e. The van der Waals surface area contributed by atoms with Crippen LogP contribution in [0, 0.1) is 13.8 Å². The third kappa shape index (κ3) is 1.57. The summed E-state index contributed by atoms with van der Waals surface area (Å²) in [5.74, 6) is 0. The topological polar surface area (TPSA) is 12.0 Å².